The molecule has 0 radical (unpaired) electrons. The van der Waals surface area contributed by atoms with E-state index in [4.69, 9.17) is 14.8 Å². The first-order valence-electron chi connectivity index (χ1n) is 6.90. The second-order valence-corrected chi connectivity index (χ2v) is 4.66. The van der Waals surface area contributed by atoms with Gasteiger partial charge >= 0.3 is 0 Å². The molecule has 0 aliphatic carbocycles. The minimum Gasteiger partial charge on any atom is -0.457 e. The summed E-state index contributed by atoms with van der Waals surface area (Å²) in [4.78, 5) is 22.0. The van der Waals surface area contributed by atoms with E-state index in [0.717, 1.165) is 0 Å². The van der Waals surface area contributed by atoms with Gasteiger partial charge in [0.25, 0.3) is 11.6 Å². The molecule has 0 atom stereocenters. The van der Waals surface area contributed by atoms with Crippen LogP contribution in [0.4, 0.5) is 5.69 Å². The lowest BCUT2D eigenvalue weighted by Gasteiger charge is -2.00. The van der Waals surface area contributed by atoms with Gasteiger partial charge in [-0.3, -0.25) is 14.9 Å². The maximum atomic E-state index is 11.7. The fourth-order valence-electron chi connectivity index (χ4n) is 1.91. The van der Waals surface area contributed by atoms with Crippen LogP contribution in [0.1, 0.15) is 5.76 Å². The lowest BCUT2D eigenvalue weighted by Crippen LogP contribution is -2.27. The van der Waals surface area contributed by atoms with Crippen molar-refractivity contribution >= 4 is 17.7 Å². The van der Waals surface area contributed by atoms with Crippen molar-refractivity contribution in [2.24, 2.45) is 0 Å². The number of hydrogen-bond donors (Lipinski definition) is 2. The molecule has 0 spiro atoms. The van der Waals surface area contributed by atoms with Crippen molar-refractivity contribution < 1.29 is 19.2 Å². The normalized spacial score (nSPS) is 10.9. The van der Waals surface area contributed by atoms with Crippen LogP contribution < -0.4 is 5.32 Å². The molecule has 1 heterocycles. The van der Waals surface area contributed by atoms with Crippen LogP contribution in [-0.2, 0) is 4.79 Å². The van der Waals surface area contributed by atoms with Crippen LogP contribution >= 0.6 is 0 Å². The third-order valence-electron chi connectivity index (χ3n) is 3.02. The zero-order valence-corrected chi connectivity index (χ0v) is 12.4. The van der Waals surface area contributed by atoms with Gasteiger partial charge in [-0.2, -0.15) is 5.26 Å². The second kappa shape index (κ2) is 7.71. The monoisotopic (exact) mass is 327 g/mol. The quantitative estimate of drug-likeness (QED) is 0.360. The highest BCUT2D eigenvalue weighted by molar-refractivity contribution is 6.01. The first kappa shape index (κ1) is 16.9. The fourth-order valence-corrected chi connectivity index (χ4v) is 1.91. The number of carbonyl (C=O) groups excluding carboxylic acids is 1. The first-order valence-corrected chi connectivity index (χ1v) is 6.90. The summed E-state index contributed by atoms with van der Waals surface area (Å²) in [7, 11) is 0. The number of furan rings is 1. The number of amides is 1. The summed E-state index contributed by atoms with van der Waals surface area (Å²) >= 11 is 0. The van der Waals surface area contributed by atoms with Crippen LogP contribution in [0.15, 0.2) is 46.4 Å². The maximum absolute atomic E-state index is 11.7. The molecule has 8 heteroatoms. The summed E-state index contributed by atoms with van der Waals surface area (Å²) in [5, 5.41) is 30.9. The van der Waals surface area contributed by atoms with Gasteiger partial charge in [-0.05, 0) is 12.1 Å². The Morgan fingerprint density at radius 1 is 1.42 bits per heavy atom. The smallest absolute Gasteiger partial charge is 0.270 e. The number of nitrogens with zero attached hydrogens (tertiary/aromatic N) is 2. The standard InChI is InChI=1S/C16H13N3O5/c17-10-12(16(21)18-6-7-20)9-14-4-5-15(24-14)11-2-1-3-13(8-11)19(22)23/h1-5,8-9,20H,6-7H2,(H,18,21)/b12-9+. The molecule has 0 fully saturated rings. The van der Waals surface area contributed by atoms with Gasteiger partial charge in [-0.15, -0.1) is 0 Å². The largest absolute Gasteiger partial charge is 0.457 e. The molecular weight excluding hydrogens is 314 g/mol. The number of nitro benzene ring substituents is 1. The summed E-state index contributed by atoms with van der Waals surface area (Å²) in [6, 6.07) is 10.8. The molecule has 2 N–H and O–H groups in total. The maximum Gasteiger partial charge on any atom is 0.270 e. The average Bonchev–Trinajstić information content (AvgIpc) is 3.06. The summed E-state index contributed by atoms with van der Waals surface area (Å²) in [6.07, 6.45) is 1.26. The van der Waals surface area contributed by atoms with Crippen molar-refractivity contribution in [2.45, 2.75) is 0 Å². The number of nitriles is 1. The van der Waals surface area contributed by atoms with Gasteiger partial charge in [-0.25, -0.2) is 0 Å². The van der Waals surface area contributed by atoms with Gasteiger partial charge in [0.15, 0.2) is 0 Å². The van der Waals surface area contributed by atoms with E-state index in [1.807, 2.05) is 0 Å². The van der Waals surface area contributed by atoms with Crippen LogP contribution in [0.5, 0.6) is 0 Å². The van der Waals surface area contributed by atoms with Gasteiger partial charge in [0.1, 0.15) is 23.2 Å². The Morgan fingerprint density at radius 3 is 2.88 bits per heavy atom. The number of benzene rings is 1. The van der Waals surface area contributed by atoms with E-state index in [1.165, 1.54) is 24.3 Å². The van der Waals surface area contributed by atoms with Crippen molar-refractivity contribution in [3.05, 3.63) is 57.8 Å². The fraction of sp³-hybridized carbons (Fsp3) is 0.125. The SMILES string of the molecule is N#C/C(=C\c1ccc(-c2cccc([N+](=O)[O-])c2)o1)C(=O)NCCO. The first-order chi connectivity index (χ1) is 11.5. The molecule has 0 unspecified atom stereocenters. The van der Waals surface area contributed by atoms with Crippen LogP contribution in [0, 0.1) is 21.4 Å². The third-order valence-corrected chi connectivity index (χ3v) is 3.02. The molecule has 24 heavy (non-hydrogen) atoms. The molecule has 1 aromatic heterocycles. The third kappa shape index (κ3) is 4.06. The zero-order valence-electron chi connectivity index (χ0n) is 12.4. The second-order valence-electron chi connectivity index (χ2n) is 4.66. The molecule has 0 aliphatic heterocycles. The topological polar surface area (TPSA) is 129 Å². The Kier molecular flexibility index (Phi) is 5.44. The molecule has 0 bridgehead atoms. The number of rotatable bonds is 6. The number of nitro groups is 1. The lowest BCUT2D eigenvalue weighted by atomic mass is 10.1. The Balaban J connectivity index is 2.25. The van der Waals surface area contributed by atoms with E-state index in [2.05, 4.69) is 5.32 Å². The van der Waals surface area contributed by atoms with E-state index in [9.17, 15) is 14.9 Å². The highest BCUT2D eigenvalue weighted by Gasteiger charge is 2.12. The van der Waals surface area contributed by atoms with Crippen molar-refractivity contribution in [1.82, 2.24) is 5.32 Å². The van der Waals surface area contributed by atoms with Crippen LogP contribution in [0.25, 0.3) is 17.4 Å². The molecule has 0 aliphatic rings. The summed E-state index contributed by atoms with van der Waals surface area (Å²) in [6.45, 7) is -0.197. The summed E-state index contributed by atoms with van der Waals surface area (Å²) in [5.41, 5.74) is 0.262. The van der Waals surface area contributed by atoms with Crippen LogP contribution in [-0.4, -0.2) is 29.1 Å². The Labute approximate surface area is 136 Å². The summed E-state index contributed by atoms with van der Waals surface area (Å²) in [5.74, 6) is 0.00468. The van der Waals surface area contributed by atoms with E-state index in [-0.39, 0.29) is 30.2 Å². The predicted octanol–water partition coefficient (Wildman–Crippen LogP) is 1.87. The number of aliphatic hydroxyl groups is 1. The Morgan fingerprint density at radius 2 is 2.21 bits per heavy atom. The highest BCUT2D eigenvalue weighted by atomic mass is 16.6. The van der Waals surface area contributed by atoms with E-state index < -0.39 is 10.8 Å². The molecule has 122 valence electrons. The molecule has 0 saturated heterocycles. The van der Waals surface area contributed by atoms with Crippen LogP contribution in [0.3, 0.4) is 0 Å². The minimum absolute atomic E-state index is 0.0366. The van der Waals surface area contributed by atoms with Crippen molar-refractivity contribution in [3.63, 3.8) is 0 Å². The molecule has 1 aromatic carbocycles. The molecule has 8 nitrogen and oxygen atoms in total. The highest BCUT2D eigenvalue weighted by Crippen LogP contribution is 2.26. The van der Waals surface area contributed by atoms with E-state index >= 15 is 0 Å². The molecule has 0 saturated carbocycles. The van der Waals surface area contributed by atoms with Crippen LogP contribution in [0.2, 0.25) is 0 Å². The van der Waals surface area contributed by atoms with E-state index in [1.54, 1.807) is 24.3 Å². The van der Waals surface area contributed by atoms with Crippen molar-refractivity contribution in [3.8, 4) is 17.4 Å². The van der Waals surface area contributed by atoms with Gasteiger partial charge < -0.3 is 14.8 Å². The van der Waals surface area contributed by atoms with Gasteiger partial charge in [-0.1, -0.05) is 12.1 Å². The number of nitrogens with one attached hydrogen (secondary N) is 1. The number of hydrogen-bond acceptors (Lipinski definition) is 6. The average molecular weight is 327 g/mol. The molecule has 2 rings (SSSR count). The number of non-ortho nitro benzene ring substituents is 1. The number of carbonyl (C=O) groups is 1. The zero-order chi connectivity index (χ0) is 17.5. The van der Waals surface area contributed by atoms with Gasteiger partial charge in [0.05, 0.1) is 11.5 Å². The van der Waals surface area contributed by atoms with Gasteiger partial charge in [0, 0.05) is 30.3 Å². The minimum atomic E-state index is -0.625. The lowest BCUT2D eigenvalue weighted by molar-refractivity contribution is -0.384. The number of aliphatic hydroxyl groups excluding tert-OH is 1. The predicted molar refractivity (Wildman–Crippen MR) is 84.5 cm³/mol. The molecule has 1 amide bonds. The Hall–Kier alpha value is -3.44. The van der Waals surface area contributed by atoms with E-state index in [0.29, 0.717) is 11.3 Å². The summed E-state index contributed by atoms with van der Waals surface area (Å²) < 4.78 is 5.51. The Bertz CT molecular complexity index is 832. The molecule has 2 aromatic rings. The van der Waals surface area contributed by atoms with Crippen molar-refractivity contribution in [2.75, 3.05) is 13.2 Å². The van der Waals surface area contributed by atoms with Crippen molar-refractivity contribution in [1.29, 1.82) is 5.26 Å². The molecular formula is C16H13N3O5. The van der Waals surface area contributed by atoms with Gasteiger partial charge in [0.2, 0.25) is 0 Å².